The summed E-state index contributed by atoms with van der Waals surface area (Å²) >= 11 is 0. The third-order valence-corrected chi connectivity index (χ3v) is 3.40. The smallest absolute Gasteiger partial charge is 0.225 e. The van der Waals surface area contributed by atoms with E-state index in [4.69, 9.17) is 5.26 Å². The Balaban J connectivity index is 1.84. The van der Waals surface area contributed by atoms with Crippen LogP contribution in [0.5, 0.6) is 0 Å². The first kappa shape index (κ1) is 9.51. The van der Waals surface area contributed by atoms with E-state index in [2.05, 4.69) is 13.0 Å². The Labute approximate surface area is 84.7 Å². The van der Waals surface area contributed by atoms with E-state index >= 15 is 0 Å². The van der Waals surface area contributed by atoms with E-state index < -0.39 is 0 Å². The zero-order chi connectivity index (χ0) is 10.1. The van der Waals surface area contributed by atoms with Crippen molar-refractivity contribution in [2.75, 3.05) is 13.1 Å². The standard InChI is InChI=1S/C11H16N2O/c1-8-6-10(8)11(14)13-5-3-9(7-13)2-4-12/h8-10H,2-3,5-7H2,1H3. The summed E-state index contributed by atoms with van der Waals surface area (Å²) in [6, 6.07) is 2.18. The quantitative estimate of drug-likeness (QED) is 0.664. The fraction of sp³-hybridized carbons (Fsp3) is 0.818. The van der Waals surface area contributed by atoms with E-state index in [1.54, 1.807) is 0 Å². The summed E-state index contributed by atoms with van der Waals surface area (Å²) in [4.78, 5) is 13.8. The van der Waals surface area contributed by atoms with E-state index in [9.17, 15) is 4.79 Å². The van der Waals surface area contributed by atoms with E-state index in [-0.39, 0.29) is 0 Å². The molecular formula is C11H16N2O. The van der Waals surface area contributed by atoms with Gasteiger partial charge < -0.3 is 4.90 Å². The first-order valence-corrected chi connectivity index (χ1v) is 5.38. The molecule has 1 amide bonds. The van der Waals surface area contributed by atoms with Crippen LogP contribution in [0, 0.1) is 29.1 Å². The van der Waals surface area contributed by atoms with Crippen LogP contribution in [0.15, 0.2) is 0 Å². The van der Waals surface area contributed by atoms with Crippen LogP contribution in [0.25, 0.3) is 0 Å². The fourth-order valence-corrected chi connectivity index (χ4v) is 2.23. The Morgan fingerprint density at radius 3 is 2.93 bits per heavy atom. The molecule has 0 aromatic carbocycles. The third kappa shape index (κ3) is 1.75. The van der Waals surface area contributed by atoms with Crippen molar-refractivity contribution in [3.63, 3.8) is 0 Å². The van der Waals surface area contributed by atoms with Gasteiger partial charge in [0.25, 0.3) is 0 Å². The summed E-state index contributed by atoms with van der Waals surface area (Å²) in [5, 5.41) is 8.56. The summed E-state index contributed by atoms with van der Waals surface area (Å²) in [5.41, 5.74) is 0. The van der Waals surface area contributed by atoms with Crippen molar-refractivity contribution in [3.05, 3.63) is 0 Å². The maximum Gasteiger partial charge on any atom is 0.225 e. The molecule has 3 nitrogen and oxygen atoms in total. The SMILES string of the molecule is CC1CC1C(=O)N1CCC(CC#N)C1. The third-order valence-electron chi connectivity index (χ3n) is 3.40. The topological polar surface area (TPSA) is 44.1 Å². The highest BCUT2D eigenvalue weighted by atomic mass is 16.2. The number of nitrogens with zero attached hydrogens (tertiary/aromatic N) is 2. The number of carbonyl (C=O) groups is 1. The summed E-state index contributed by atoms with van der Waals surface area (Å²) in [6.07, 6.45) is 2.68. The van der Waals surface area contributed by atoms with Crippen molar-refractivity contribution >= 4 is 5.91 Å². The largest absolute Gasteiger partial charge is 0.342 e. The Bertz CT molecular complexity index is 282. The molecule has 14 heavy (non-hydrogen) atoms. The van der Waals surface area contributed by atoms with Gasteiger partial charge in [-0.25, -0.2) is 0 Å². The Morgan fingerprint density at radius 1 is 1.64 bits per heavy atom. The van der Waals surface area contributed by atoms with Crippen molar-refractivity contribution < 1.29 is 4.79 Å². The lowest BCUT2D eigenvalue weighted by molar-refractivity contribution is -0.131. The van der Waals surface area contributed by atoms with E-state index in [0.29, 0.717) is 30.1 Å². The van der Waals surface area contributed by atoms with Gasteiger partial charge in [-0.2, -0.15) is 5.26 Å². The van der Waals surface area contributed by atoms with Crippen LogP contribution in [-0.4, -0.2) is 23.9 Å². The van der Waals surface area contributed by atoms with Crippen LogP contribution in [0.3, 0.4) is 0 Å². The Kier molecular flexibility index (Phi) is 2.45. The lowest BCUT2D eigenvalue weighted by Crippen LogP contribution is -2.30. The van der Waals surface area contributed by atoms with Gasteiger partial charge in [-0.05, 0) is 24.7 Å². The van der Waals surface area contributed by atoms with Crippen LogP contribution in [0.4, 0.5) is 0 Å². The number of carbonyl (C=O) groups excluding carboxylic acids is 1. The van der Waals surface area contributed by atoms with Crippen molar-refractivity contribution in [3.8, 4) is 6.07 Å². The Hall–Kier alpha value is -1.04. The van der Waals surface area contributed by atoms with E-state index in [1.807, 2.05) is 4.90 Å². The minimum absolute atomic E-state index is 0.302. The van der Waals surface area contributed by atoms with Crippen LogP contribution >= 0.6 is 0 Å². The Morgan fingerprint density at radius 2 is 2.36 bits per heavy atom. The molecule has 1 saturated heterocycles. The van der Waals surface area contributed by atoms with E-state index in [0.717, 1.165) is 25.9 Å². The normalized spacial score (nSPS) is 35.4. The molecule has 0 bridgehead atoms. The van der Waals surface area contributed by atoms with Crippen LogP contribution < -0.4 is 0 Å². The molecule has 1 heterocycles. The van der Waals surface area contributed by atoms with Gasteiger partial charge in [0, 0.05) is 25.4 Å². The van der Waals surface area contributed by atoms with Crippen molar-refractivity contribution in [1.82, 2.24) is 4.90 Å². The van der Waals surface area contributed by atoms with Crippen LogP contribution in [0.1, 0.15) is 26.2 Å². The first-order chi connectivity index (χ1) is 6.72. The highest BCUT2D eigenvalue weighted by Gasteiger charge is 2.42. The lowest BCUT2D eigenvalue weighted by Gasteiger charge is -2.15. The molecule has 1 aliphatic heterocycles. The maximum atomic E-state index is 11.8. The summed E-state index contributed by atoms with van der Waals surface area (Å²) in [5.74, 6) is 1.66. The molecule has 2 rings (SSSR count). The van der Waals surface area contributed by atoms with Crippen LogP contribution in [0.2, 0.25) is 0 Å². The van der Waals surface area contributed by atoms with Gasteiger partial charge in [0.15, 0.2) is 0 Å². The highest BCUT2D eigenvalue weighted by molar-refractivity contribution is 5.81. The van der Waals surface area contributed by atoms with Gasteiger partial charge in [0.2, 0.25) is 5.91 Å². The monoisotopic (exact) mass is 192 g/mol. The predicted octanol–water partition coefficient (Wildman–Crippen LogP) is 1.40. The predicted molar refractivity (Wildman–Crippen MR) is 52.2 cm³/mol. The van der Waals surface area contributed by atoms with Gasteiger partial charge in [-0.15, -0.1) is 0 Å². The average molecular weight is 192 g/mol. The molecule has 0 aromatic rings. The number of hydrogen-bond donors (Lipinski definition) is 0. The summed E-state index contributed by atoms with van der Waals surface area (Å²) in [6.45, 7) is 3.81. The average Bonchev–Trinajstić information content (AvgIpc) is 2.71. The van der Waals surface area contributed by atoms with Gasteiger partial charge in [0.1, 0.15) is 0 Å². The molecule has 3 atom stereocenters. The molecule has 1 saturated carbocycles. The first-order valence-electron chi connectivity index (χ1n) is 5.38. The summed E-state index contributed by atoms with van der Waals surface area (Å²) in [7, 11) is 0. The van der Waals surface area contributed by atoms with Crippen molar-refractivity contribution in [1.29, 1.82) is 5.26 Å². The highest BCUT2D eigenvalue weighted by Crippen LogP contribution is 2.40. The number of nitriles is 1. The molecule has 2 aliphatic rings. The molecular weight excluding hydrogens is 176 g/mol. The lowest BCUT2D eigenvalue weighted by atomic mass is 10.1. The molecule has 3 heteroatoms. The number of likely N-dealkylation sites (tertiary alicyclic amines) is 1. The van der Waals surface area contributed by atoms with Gasteiger partial charge >= 0.3 is 0 Å². The van der Waals surface area contributed by atoms with Crippen molar-refractivity contribution in [2.45, 2.75) is 26.2 Å². The minimum atomic E-state index is 0.302. The molecule has 0 spiro atoms. The van der Waals surface area contributed by atoms with Gasteiger partial charge in [-0.3, -0.25) is 4.79 Å². The zero-order valence-corrected chi connectivity index (χ0v) is 8.57. The number of hydrogen-bond acceptors (Lipinski definition) is 2. The minimum Gasteiger partial charge on any atom is -0.342 e. The molecule has 76 valence electrons. The summed E-state index contributed by atoms with van der Waals surface area (Å²) < 4.78 is 0. The van der Waals surface area contributed by atoms with Gasteiger partial charge in [-0.1, -0.05) is 6.92 Å². The second-order valence-corrected chi connectivity index (χ2v) is 4.62. The zero-order valence-electron chi connectivity index (χ0n) is 8.57. The molecule has 0 radical (unpaired) electrons. The molecule has 0 aromatic heterocycles. The molecule has 0 N–H and O–H groups in total. The molecule has 3 unspecified atom stereocenters. The van der Waals surface area contributed by atoms with Crippen molar-refractivity contribution in [2.24, 2.45) is 17.8 Å². The van der Waals surface area contributed by atoms with Gasteiger partial charge in [0.05, 0.1) is 6.07 Å². The molecule has 1 aliphatic carbocycles. The second-order valence-electron chi connectivity index (χ2n) is 4.62. The second kappa shape index (κ2) is 3.61. The van der Waals surface area contributed by atoms with E-state index in [1.165, 1.54) is 0 Å². The molecule has 2 fully saturated rings. The number of amides is 1. The fourth-order valence-electron chi connectivity index (χ4n) is 2.23. The number of rotatable bonds is 2. The maximum absolute atomic E-state index is 11.8. The van der Waals surface area contributed by atoms with Crippen LogP contribution in [-0.2, 0) is 4.79 Å².